The van der Waals surface area contributed by atoms with E-state index in [9.17, 15) is 23.1 Å². The van der Waals surface area contributed by atoms with Crippen molar-refractivity contribution in [3.8, 4) is 0 Å². The minimum absolute atomic E-state index is 0.168. The third kappa shape index (κ3) is 3.29. The first-order valence-corrected chi connectivity index (χ1v) is 7.52. The first-order chi connectivity index (χ1) is 9.85. The number of hydrogen-bond acceptors (Lipinski definition) is 4. The highest BCUT2D eigenvalue weighted by atomic mass is 32.2. The number of amides is 1. The van der Waals surface area contributed by atoms with Gasteiger partial charge >= 0.3 is 0 Å². The molecule has 116 valence electrons. The highest BCUT2D eigenvalue weighted by Crippen LogP contribution is 2.41. The molecular weight excluding hydrogens is 299 g/mol. The van der Waals surface area contributed by atoms with Crippen molar-refractivity contribution in [3.05, 3.63) is 35.1 Å². The number of nitrogens with one attached hydrogen (secondary N) is 1. The fraction of sp³-hybridized carbons (Fsp3) is 0.462. The van der Waals surface area contributed by atoms with Gasteiger partial charge in [-0.05, 0) is 30.9 Å². The average Bonchev–Trinajstić information content (AvgIpc) is 2.80. The quantitative estimate of drug-likeness (QED) is 0.662. The first kappa shape index (κ1) is 16.0. The van der Waals surface area contributed by atoms with Crippen molar-refractivity contribution in [2.24, 2.45) is 5.73 Å². The second-order valence-electron chi connectivity index (χ2n) is 5.20. The van der Waals surface area contributed by atoms with Crippen LogP contribution in [0.15, 0.2) is 18.2 Å². The lowest BCUT2D eigenvalue weighted by molar-refractivity contribution is -0.123. The molecule has 3 unspecified atom stereocenters. The average molecular weight is 315 g/mol. The predicted octanol–water partition coefficient (Wildman–Crippen LogP) is -0.0227. The Hall–Kier alpha value is -1.35. The van der Waals surface area contributed by atoms with Crippen molar-refractivity contribution in [2.45, 2.75) is 37.3 Å². The molecule has 3 atom stereocenters. The number of nitrogens with two attached hydrogens (primary N) is 1. The lowest BCUT2D eigenvalue weighted by Crippen LogP contribution is -2.39. The summed E-state index contributed by atoms with van der Waals surface area (Å²) < 4.78 is 36.9. The number of benzene rings is 1. The number of primary amides is 1. The van der Waals surface area contributed by atoms with Crippen molar-refractivity contribution in [2.75, 3.05) is 0 Å². The Bertz CT molecular complexity index is 583. The van der Waals surface area contributed by atoms with E-state index in [1.54, 1.807) is 6.07 Å². The van der Waals surface area contributed by atoms with E-state index in [0.29, 0.717) is 18.4 Å². The summed E-state index contributed by atoms with van der Waals surface area (Å²) in [6.45, 7) is -0.172. The standard InChI is InChI=1S/C13H17FN2O4S/c14-11-5-9(2-1-8(11)7-16-21(19)20)13(12(15)18)4-3-10(17)6-13/h1-2,5,10,16-17H,3-4,6-7H2,(H2,15,18)(H,19,20)/p-1. The number of aliphatic hydroxyl groups excluding tert-OH is 1. The van der Waals surface area contributed by atoms with Gasteiger partial charge in [-0.2, -0.15) is 0 Å². The molecule has 6 nitrogen and oxygen atoms in total. The third-order valence-electron chi connectivity index (χ3n) is 3.95. The zero-order valence-corrected chi connectivity index (χ0v) is 12.0. The summed E-state index contributed by atoms with van der Waals surface area (Å²) in [6, 6.07) is 4.16. The van der Waals surface area contributed by atoms with Crippen molar-refractivity contribution < 1.29 is 23.1 Å². The van der Waals surface area contributed by atoms with Gasteiger partial charge in [-0.1, -0.05) is 12.1 Å². The highest BCUT2D eigenvalue weighted by Gasteiger charge is 2.45. The zero-order valence-electron chi connectivity index (χ0n) is 11.2. The maximum atomic E-state index is 14.0. The van der Waals surface area contributed by atoms with Crippen LogP contribution in [0.5, 0.6) is 0 Å². The Morgan fingerprint density at radius 3 is 2.81 bits per heavy atom. The van der Waals surface area contributed by atoms with Crippen LogP contribution in [0, 0.1) is 5.82 Å². The Labute approximate surface area is 124 Å². The molecule has 4 N–H and O–H groups in total. The van der Waals surface area contributed by atoms with Crippen LogP contribution >= 0.6 is 0 Å². The van der Waals surface area contributed by atoms with Crippen LogP contribution in [0.2, 0.25) is 0 Å². The minimum atomic E-state index is -2.48. The molecule has 0 heterocycles. The van der Waals surface area contributed by atoms with Crippen LogP contribution in [-0.4, -0.2) is 25.9 Å². The molecule has 0 aromatic heterocycles. The molecule has 0 radical (unpaired) electrons. The van der Waals surface area contributed by atoms with Gasteiger partial charge in [0.15, 0.2) is 0 Å². The van der Waals surface area contributed by atoms with Gasteiger partial charge in [0.1, 0.15) is 5.82 Å². The molecule has 2 rings (SSSR count). The van der Waals surface area contributed by atoms with Crippen molar-refractivity contribution in [1.82, 2.24) is 4.72 Å². The third-order valence-corrected chi connectivity index (χ3v) is 4.33. The van der Waals surface area contributed by atoms with Gasteiger partial charge in [-0.25, -0.2) is 9.11 Å². The number of carbonyl (C=O) groups excluding carboxylic acids is 1. The molecule has 0 bridgehead atoms. The zero-order chi connectivity index (χ0) is 15.6. The van der Waals surface area contributed by atoms with Gasteiger partial charge in [-0.3, -0.25) is 9.00 Å². The largest absolute Gasteiger partial charge is 0.760 e. The monoisotopic (exact) mass is 315 g/mol. The molecule has 1 saturated carbocycles. The number of hydrogen-bond donors (Lipinski definition) is 3. The second-order valence-corrected chi connectivity index (χ2v) is 5.96. The molecule has 0 aliphatic heterocycles. The van der Waals surface area contributed by atoms with E-state index in [0.717, 1.165) is 0 Å². The Kier molecular flexibility index (Phi) is 4.72. The predicted molar refractivity (Wildman–Crippen MR) is 72.9 cm³/mol. The summed E-state index contributed by atoms with van der Waals surface area (Å²) in [5, 5.41) is 9.66. The van der Waals surface area contributed by atoms with Gasteiger partial charge < -0.3 is 15.4 Å². The fourth-order valence-electron chi connectivity index (χ4n) is 2.77. The summed E-state index contributed by atoms with van der Waals surface area (Å²) in [5.74, 6) is -1.21. The van der Waals surface area contributed by atoms with E-state index in [-0.39, 0.29) is 18.5 Å². The van der Waals surface area contributed by atoms with Gasteiger partial charge in [-0.15, -0.1) is 0 Å². The topological polar surface area (TPSA) is 115 Å². The molecular formula is C13H16FN2O4S-. The van der Waals surface area contributed by atoms with Crippen LogP contribution in [0.25, 0.3) is 0 Å². The molecule has 8 heteroatoms. The van der Waals surface area contributed by atoms with Crippen LogP contribution in [-0.2, 0) is 28.0 Å². The van der Waals surface area contributed by atoms with Crippen molar-refractivity contribution in [1.29, 1.82) is 0 Å². The second kappa shape index (κ2) is 6.18. The minimum Gasteiger partial charge on any atom is -0.760 e. The highest BCUT2D eigenvalue weighted by molar-refractivity contribution is 7.77. The van der Waals surface area contributed by atoms with E-state index in [1.807, 2.05) is 0 Å². The lowest BCUT2D eigenvalue weighted by atomic mass is 9.78. The van der Waals surface area contributed by atoms with Crippen molar-refractivity contribution in [3.63, 3.8) is 0 Å². The Balaban J connectivity index is 2.30. The number of carbonyl (C=O) groups is 1. The fourth-order valence-corrected chi connectivity index (χ4v) is 3.05. The molecule has 0 saturated heterocycles. The first-order valence-electron chi connectivity index (χ1n) is 6.45. The van der Waals surface area contributed by atoms with Gasteiger partial charge in [0.25, 0.3) is 0 Å². The van der Waals surface area contributed by atoms with Crippen LogP contribution < -0.4 is 10.5 Å². The Morgan fingerprint density at radius 2 is 2.33 bits per heavy atom. The smallest absolute Gasteiger partial charge is 0.228 e. The number of halogens is 1. The number of aliphatic hydroxyl groups is 1. The molecule has 1 aromatic rings. The van der Waals surface area contributed by atoms with Gasteiger partial charge in [0, 0.05) is 23.4 Å². The molecule has 1 aromatic carbocycles. The van der Waals surface area contributed by atoms with Crippen LogP contribution in [0.1, 0.15) is 30.4 Å². The maximum absolute atomic E-state index is 14.0. The summed E-state index contributed by atoms with van der Waals surface area (Å²) in [5.41, 5.74) is 4.97. The van der Waals surface area contributed by atoms with E-state index in [1.165, 1.54) is 12.1 Å². The van der Waals surface area contributed by atoms with E-state index >= 15 is 0 Å². The lowest BCUT2D eigenvalue weighted by Gasteiger charge is -2.26. The normalized spacial score (nSPS) is 26.7. The van der Waals surface area contributed by atoms with E-state index < -0.39 is 34.5 Å². The van der Waals surface area contributed by atoms with Gasteiger partial charge in [0.2, 0.25) is 5.91 Å². The van der Waals surface area contributed by atoms with Gasteiger partial charge in [0.05, 0.1) is 11.5 Å². The van der Waals surface area contributed by atoms with E-state index in [2.05, 4.69) is 4.72 Å². The maximum Gasteiger partial charge on any atom is 0.228 e. The summed E-state index contributed by atoms with van der Waals surface area (Å²) >= 11 is -2.48. The molecule has 1 amide bonds. The van der Waals surface area contributed by atoms with Crippen LogP contribution in [0.4, 0.5) is 4.39 Å². The molecule has 0 spiro atoms. The van der Waals surface area contributed by atoms with Crippen molar-refractivity contribution >= 4 is 17.2 Å². The molecule has 21 heavy (non-hydrogen) atoms. The SMILES string of the molecule is NC(=O)C1(c2ccc(CNS(=O)[O-])c(F)c2)CCC(O)C1. The molecule has 1 aliphatic rings. The summed E-state index contributed by atoms with van der Waals surface area (Å²) in [6.07, 6.45) is 0.336. The molecule has 1 aliphatic carbocycles. The van der Waals surface area contributed by atoms with Crippen LogP contribution in [0.3, 0.4) is 0 Å². The van der Waals surface area contributed by atoms with E-state index in [4.69, 9.17) is 5.73 Å². The number of rotatable bonds is 5. The Morgan fingerprint density at radius 1 is 1.62 bits per heavy atom. The summed E-state index contributed by atoms with van der Waals surface area (Å²) in [7, 11) is 0. The summed E-state index contributed by atoms with van der Waals surface area (Å²) in [4.78, 5) is 11.8. The molecule has 1 fully saturated rings.